The van der Waals surface area contributed by atoms with Gasteiger partial charge in [0.1, 0.15) is 11.5 Å². The summed E-state index contributed by atoms with van der Waals surface area (Å²) in [6.45, 7) is 8.61. The molecule has 5 rings (SSSR count). The van der Waals surface area contributed by atoms with E-state index in [4.69, 9.17) is 9.57 Å². The number of benzene rings is 4. The lowest BCUT2D eigenvalue weighted by Gasteiger charge is -2.17. The number of aliphatic hydroxyl groups is 1. The maximum Gasteiger partial charge on any atom is 0.331 e. The highest BCUT2D eigenvalue weighted by Crippen LogP contribution is 2.33. The van der Waals surface area contributed by atoms with E-state index in [0.717, 1.165) is 78.9 Å². The first-order chi connectivity index (χ1) is 25.2. The van der Waals surface area contributed by atoms with Crippen molar-refractivity contribution in [2.24, 2.45) is 11.1 Å². The van der Waals surface area contributed by atoms with Gasteiger partial charge in [-0.3, -0.25) is 9.59 Å². The van der Waals surface area contributed by atoms with Gasteiger partial charge in [-0.25, -0.2) is 4.79 Å². The molecule has 0 aliphatic rings. The average Bonchev–Trinajstić information content (AvgIpc) is 3.46. The minimum Gasteiger partial charge on any atom is -0.465 e. The summed E-state index contributed by atoms with van der Waals surface area (Å²) in [6.07, 6.45) is 6.86. The van der Waals surface area contributed by atoms with Crippen LogP contribution in [0.4, 0.5) is 0 Å². The largest absolute Gasteiger partial charge is 0.465 e. The zero-order valence-electron chi connectivity index (χ0n) is 30.8. The summed E-state index contributed by atoms with van der Waals surface area (Å²) < 4.78 is 8.03. The fourth-order valence-corrected chi connectivity index (χ4v) is 6.65. The van der Waals surface area contributed by atoms with Crippen molar-refractivity contribution in [2.45, 2.75) is 98.3 Å². The van der Waals surface area contributed by atoms with Crippen molar-refractivity contribution in [2.75, 3.05) is 0 Å². The Morgan fingerprint density at radius 3 is 2.04 bits per heavy atom. The van der Waals surface area contributed by atoms with Crippen LogP contribution in [0.1, 0.15) is 111 Å². The van der Waals surface area contributed by atoms with Gasteiger partial charge in [0.25, 0.3) is 0 Å². The Balaban J connectivity index is 1.48. The lowest BCUT2D eigenvalue weighted by atomic mass is 9.98. The van der Waals surface area contributed by atoms with Gasteiger partial charge in [0.2, 0.25) is 12.1 Å². The highest BCUT2D eigenvalue weighted by Gasteiger charge is 2.21. The standard InChI is InChI=1S/C44H50N2O6/c1-5-8-11-17-39(45-52-30(4)47)44(50)35-21-25-41-38(28-35)37-27-34(20-24-40(37)46(41)29-31(7-3)14-9-6-2)43(49)33-18-22-36(23-19-33)51-42(48)26-32-15-12-10-13-16-32/h10,12-13,15-16,18-25,27-28,31,42,48H,5-9,11,14,17,26,29H2,1-4H3/b45-39+. The lowest BCUT2D eigenvalue weighted by Crippen LogP contribution is -2.18. The second-order valence-electron chi connectivity index (χ2n) is 13.5. The van der Waals surface area contributed by atoms with E-state index >= 15 is 0 Å². The van der Waals surface area contributed by atoms with E-state index in [2.05, 4.69) is 30.5 Å². The Bertz CT molecular complexity index is 2010. The number of carbonyl (C=O) groups is 3. The SMILES string of the molecule is CCCCC/C(=N\OC(C)=O)C(=O)c1ccc2c(c1)c1cc(C(=O)c3ccc(OC(O)Cc4ccccc4)cc3)ccc1n2CC(CC)CCCC. The van der Waals surface area contributed by atoms with Crippen LogP contribution in [0, 0.1) is 5.92 Å². The first-order valence-corrected chi connectivity index (χ1v) is 18.6. The number of oxime groups is 1. The number of Topliss-reactive ketones (excluding diaryl/α,β-unsaturated/α-hetero) is 1. The van der Waals surface area contributed by atoms with Crippen LogP contribution in [0.3, 0.4) is 0 Å². The van der Waals surface area contributed by atoms with Gasteiger partial charge in [-0.15, -0.1) is 0 Å². The molecule has 0 radical (unpaired) electrons. The zero-order valence-corrected chi connectivity index (χ0v) is 30.8. The van der Waals surface area contributed by atoms with Crippen LogP contribution in [0.15, 0.2) is 96.2 Å². The summed E-state index contributed by atoms with van der Waals surface area (Å²) in [7, 11) is 0. The van der Waals surface area contributed by atoms with Crippen LogP contribution in [-0.2, 0) is 22.6 Å². The Hall–Kier alpha value is -5.08. The number of hydrogen-bond acceptors (Lipinski definition) is 7. The van der Waals surface area contributed by atoms with Gasteiger partial charge in [-0.2, -0.15) is 0 Å². The summed E-state index contributed by atoms with van der Waals surface area (Å²) >= 11 is 0. The number of fused-ring (bicyclic) bond motifs is 3. The fourth-order valence-electron chi connectivity index (χ4n) is 6.65. The van der Waals surface area contributed by atoms with Crippen LogP contribution in [0.25, 0.3) is 21.8 Å². The molecule has 8 nitrogen and oxygen atoms in total. The van der Waals surface area contributed by atoms with E-state index in [1.54, 1.807) is 24.3 Å². The molecule has 2 unspecified atom stereocenters. The predicted octanol–water partition coefficient (Wildman–Crippen LogP) is 9.86. The molecule has 0 saturated heterocycles. The van der Waals surface area contributed by atoms with Crippen molar-refractivity contribution < 1.29 is 29.1 Å². The Morgan fingerprint density at radius 2 is 1.40 bits per heavy atom. The quantitative estimate of drug-likeness (QED) is 0.0229. The maximum absolute atomic E-state index is 13.9. The number of ether oxygens (including phenoxy) is 1. The molecule has 1 aromatic heterocycles. The van der Waals surface area contributed by atoms with Crippen molar-refractivity contribution in [1.82, 2.24) is 4.57 Å². The second-order valence-corrected chi connectivity index (χ2v) is 13.5. The lowest BCUT2D eigenvalue weighted by molar-refractivity contribution is -0.140. The first-order valence-electron chi connectivity index (χ1n) is 18.6. The minimum atomic E-state index is -1.02. The number of hydrogen-bond donors (Lipinski definition) is 1. The van der Waals surface area contributed by atoms with Crippen LogP contribution < -0.4 is 4.74 Å². The monoisotopic (exact) mass is 702 g/mol. The zero-order chi connectivity index (χ0) is 37.0. The molecule has 5 aromatic rings. The second kappa shape index (κ2) is 18.4. The molecule has 272 valence electrons. The molecule has 4 aromatic carbocycles. The summed E-state index contributed by atoms with van der Waals surface area (Å²) in [4.78, 5) is 44.2. The third-order valence-corrected chi connectivity index (χ3v) is 9.58. The topological polar surface area (TPSA) is 107 Å². The van der Waals surface area contributed by atoms with Crippen LogP contribution >= 0.6 is 0 Å². The van der Waals surface area contributed by atoms with E-state index in [1.165, 1.54) is 6.92 Å². The van der Waals surface area contributed by atoms with Crippen molar-refractivity contribution in [1.29, 1.82) is 0 Å². The number of aromatic nitrogens is 1. The molecule has 0 bridgehead atoms. The van der Waals surface area contributed by atoms with Crippen molar-refractivity contribution in [3.8, 4) is 5.75 Å². The van der Waals surface area contributed by atoms with Gasteiger partial charge in [0.05, 0.1) is 0 Å². The van der Waals surface area contributed by atoms with E-state index in [0.29, 0.717) is 41.2 Å². The molecular weight excluding hydrogens is 652 g/mol. The number of carbonyl (C=O) groups excluding carboxylic acids is 3. The van der Waals surface area contributed by atoms with Gasteiger partial charge in [0.15, 0.2) is 5.78 Å². The molecule has 1 N–H and O–H groups in total. The summed E-state index contributed by atoms with van der Waals surface area (Å²) in [5, 5.41) is 16.2. The van der Waals surface area contributed by atoms with Crippen LogP contribution in [0.2, 0.25) is 0 Å². The van der Waals surface area contributed by atoms with Crippen LogP contribution in [-0.4, -0.2) is 39.2 Å². The summed E-state index contributed by atoms with van der Waals surface area (Å²) in [6, 6.07) is 27.9. The van der Waals surface area contributed by atoms with Gasteiger partial charge in [0, 0.05) is 58.4 Å². The molecule has 2 atom stereocenters. The summed E-state index contributed by atoms with van der Waals surface area (Å²) in [5.41, 5.74) is 4.64. The predicted molar refractivity (Wildman–Crippen MR) is 207 cm³/mol. The van der Waals surface area contributed by atoms with E-state index in [-0.39, 0.29) is 17.3 Å². The Labute approximate surface area is 306 Å². The van der Waals surface area contributed by atoms with Gasteiger partial charge in [-0.1, -0.05) is 88.4 Å². The van der Waals surface area contributed by atoms with Crippen molar-refractivity contribution in [3.63, 3.8) is 0 Å². The number of ketones is 2. The number of unbranched alkanes of at least 4 members (excludes halogenated alkanes) is 3. The number of rotatable bonds is 19. The molecule has 1 heterocycles. The van der Waals surface area contributed by atoms with E-state index in [9.17, 15) is 19.5 Å². The smallest absolute Gasteiger partial charge is 0.331 e. The molecule has 0 spiro atoms. The molecule has 8 heteroatoms. The molecule has 0 aliphatic carbocycles. The molecule has 0 amide bonds. The maximum atomic E-state index is 13.9. The van der Waals surface area contributed by atoms with Gasteiger partial charge >= 0.3 is 5.97 Å². The third-order valence-electron chi connectivity index (χ3n) is 9.58. The normalized spacial score (nSPS) is 12.9. The number of nitrogens with zero attached hydrogens (tertiary/aromatic N) is 2. The van der Waals surface area contributed by atoms with Crippen LogP contribution in [0.5, 0.6) is 5.75 Å². The fraction of sp³-hybridized carbons (Fsp3) is 0.364. The van der Waals surface area contributed by atoms with Crippen molar-refractivity contribution in [3.05, 3.63) is 113 Å². The third kappa shape index (κ3) is 9.62. The summed E-state index contributed by atoms with van der Waals surface area (Å²) in [5.74, 6) is -0.0525. The highest BCUT2D eigenvalue weighted by molar-refractivity contribution is 6.46. The Kier molecular flexibility index (Phi) is 13.5. The number of aliphatic hydroxyl groups excluding tert-OH is 1. The van der Waals surface area contributed by atoms with E-state index in [1.807, 2.05) is 66.7 Å². The molecule has 52 heavy (non-hydrogen) atoms. The highest BCUT2D eigenvalue weighted by atomic mass is 16.7. The average molecular weight is 703 g/mol. The first kappa shape index (κ1) is 38.2. The minimum absolute atomic E-state index is 0.146. The van der Waals surface area contributed by atoms with Crippen molar-refractivity contribution >= 4 is 45.1 Å². The molecule has 0 fully saturated rings. The Morgan fingerprint density at radius 1 is 0.769 bits per heavy atom. The molecule has 0 aliphatic heterocycles. The molecular formula is C44H50N2O6. The van der Waals surface area contributed by atoms with E-state index < -0.39 is 12.3 Å². The molecule has 0 saturated carbocycles. The van der Waals surface area contributed by atoms with Gasteiger partial charge in [-0.05, 0) is 91.4 Å². The van der Waals surface area contributed by atoms with Gasteiger partial charge < -0.3 is 19.2 Å².